The van der Waals surface area contributed by atoms with Crippen LogP contribution < -0.4 is 0 Å². The lowest BCUT2D eigenvalue weighted by Gasteiger charge is -2.43. The number of carbonyl (C=O) groups excluding carboxylic acids is 1. The molecule has 2 aromatic rings. The minimum Gasteiger partial charge on any atom is -0.351 e. The minimum absolute atomic E-state index is 0.165. The number of carbonyl (C=O) groups is 1. The van der Waals surface area contributed by atoms with Crippen LogP contribution in [0.25, 0.3) is 5.57 Å². The predicted octanol–water partition coefficient (Wildman–Crippen LogP) is 9.84. The highest BCUT2D eigenvalue weighted by atomic mass is 16.2. The molecule has 1 spiro atoms. The zero-order valence-corrected chi connectivity index (χ0v) is 32.9. The first-order valence-corrected chi connectivity index (χ1v) is 19.4. The fourth-order valence-electron chi connectivity index (χ4n) is 8.15. The second kappa shape index (κ2) is 16.7. The van der Waals surface area contributed by atoms with Crippen molar-refractivity contribution in [2.75, 3.05) is 33.2 Å². The van der Waals surface area contributed by atoms with Gasteiger partial charge < -0.3 is 9.80 Å². The van der Waals surface area contributed by atoms with Gasteiger partial charge in [-0.25, -0.2) is 0 Å². The Morgan fingerprint density at radius 1 is 0.939 bits per heavy atom. The number of hydrogen-bond donors (Lipinski definition) is 0. The summed E-state index contributed by atoms with van der Waals surface area (Å²) in [6, 6.07) is 12.2. The van der Waals surface area contributed by atoms with Crippen molar-refractivity contribution in [3.63, 3.8) is 0 Å². The highest BCUT2D eigenvalue weighted by Crippen LogP contribution is 2.46. The zero-order valence-electron chi connectivity index (χ0n) is 32.9. The zero-order chi connectivity index (χ0) is 36.0. The number of fused-ring (bicyclic) bond motifs is 1. The molecule has 6 rings (SSSR count). The Balaban J connectivity index is 0.00000130. The highest BCUT2D eigenvalue weighted by molar-refractivity contribution is 5.82. The molecule has 1 amide bonds. The van der Waals surface area contributed by atoms with E-state index in [1.54, 1.807) is 0 Å². The molecule has 5 heteroatoms. The molecule has 1 aliphatic carbocycles. The third-order valence-electron chi connectivity index (χ3n) is 11.4. The first kappa shape index (κ1) is 38.6. The summed E-state index contributed by atoms with van der Waals surface area (Å²) in [7, 11) is 2.11. The Hall–Kier alpha value is -3.15. The number of amides is 1. The van der Waals surface area contributed by atoms with Crippen LogP contribution >= 0.6 is 0 Å². The van der Waals surface area contributed by atoms with E-state index in [4.69, 9.17) is 0 Å². The number of nitrogens with zero attached hydrogens (tertiary/aromatic N) is 4. The molecule has 1 saturated heterocycles. The summed E-state index contributed by atoms with van der Waals surface area (Å²) in [6.45, 7) is 31.8. The van der Waals surface area contributed by atoms with Crippen LogP contribution in [0.3, 0.4) is 0 Å². The average Bonchev–Trinajstić information content (AvgIpc) is 3.89. The molecular weight excluding hydrogens is 601 g/mol. The van der Waals surface area contributed by atoms with Gasteiger partial charge >= 0.3 is 0 Å². The third-order valence-corrected chi connectivity index (χ3v) is 11.4. The number of piperazine rings is 1. The Labute approximate surface area is 299 Å². The van der Waals surface area contributed by atoms with Crippen LogP contribution in [0, 0.1) is 6.92 Å². The third kappa shape index (κ3) is 8.10. The Bertz CT molecular complexity index is 1560. The lowest BCUT2D eigenvalue weighted by molar-refractivity contribution is -0.133. The van der Waals surface area contributed by atoms with Gasteiger partial charge in [0.15, 0.2) is 0 Å². The largest absolute Gasteiger partial charge is 0.351 e. The van der Waals surface area contributed by atoms with Crippen LogP contribution in [-0.2, 0) is 30.7 Å². The van der Waals surface area contributed by atoms with E-state index in [0.717, 1.165) is 64.2 Å². The standard InChI is InChI=1S/C40H54N4O.2C2H6/c1-9-11-34-22-35(38-24-41(8)30(6)28(4)29(38)5)20-27(3)37(34)25-42-18-19-43(40(26-42)15-16-40)23-32-12-13-33-14-17-44(39(45)10-2)31(7)36(33)21-32;2*1-2/h12-13,20-22,24,31H,6,9-11,14-19,23,25-26H2,1-5,7-8H3;2*1-2H3. The molecule has 2 fully saturated rings. The number of rotatable bonds is 8. The van der Waals surface area contributed by atoms with Gasteiger partial charge in [0.2, 0.25) is 5.91 Å². The van der Waals surface area contributed by atoms with Gasteiger partial charge in [0.25, 0.3) is 0 Å². The van der Waals surface area contributed by atoms with E-state index in [0.29, 0.717) is 12.0 Å². The Morgan fingerprint density at radius 3 is 2.31 bits per heavy atom. The van der Waals surface area contributed by atoms with Crippen molar-refractivity contribution in [3.05, 3.63) is 98.9 Å². The molecule has 2 aromatic carbocycles. The fourth-order valence-corrected chi connectivity index (χ4v) is 8.15. The Kier molecular flexibility index (Phi) is 13.2. The first-order chi connectivity index (χ1) is 23.5. The second-order valence-electron chi connectivity index (χ2n) is 14.3. The van der Waals surface area contributed by atoms with Gasteiger partial charge in [-0.2, -0.15) is 0 Å². The van der Waals surface area contributed by atoms with E-state index in [1.807, 2.05) is 34.6 Å². The quantitative estimate of drug-likeness (QED) is 0.281. The summed E-state index contributed by atoms with van der Waals surface area (Å²) in [4.78, 5) is 22.3. The van der Waals surface area contributed by atoms with Crippen LogP contribution in [0.4, 0.5) is 0 Å². The molecule has 3 heterocycles. The highest BCUT2D eigenvalue weighted by Gasteiger charge is 2.51. The molecule has 0 bridgehead atoms. The van der Waals surface area contributed by atoms with Gasteiger partial charge in [0.05, 0.1) is 6.04 Å². The monoisotopic (exact) mass is 667 g/mol. The van der Waals surface area contributed by atoms with E-state index >= 15 is 0 Å². The number of benzene rings is 2. The van der Waals surface area contributed by atoms with Crippen LogP contribution in [0.15, 0.2) is 60.0 Å². The van der Waals surface area contributed by atoms with Gasteiger partial charge in [-0.15, -0.1) is 0 Å². The summed E-state index contributed by atoms with van der Waals surface area (Å²) >= 11 is 0. The van der Waals surface area contributed by atoms with E-state index in [2.05, 4.69) is 104 Å². The lowest BCUT2D eigenvalue weighted by Crippen LogP contribution is -2.54. The molecular formula is C44H66N4O. The van der Waals surface area contributed by atoms with Crippen molar-refractivity contribution in [2.24, 2.45) is 0 Å². The van der Waals surface area contributed by atoms with Crippen molar-refractivity contribution >= 4 is 11.5 Å². The van der Waals surface area contributed by atoms with Gasteiger partial charge in [0.1, 0.15) is 0 Å². The Morgan fingerprint density at radius 2 is 1.65 bits per heavy atom. The van der Waals surface area contributed by atoms with Gasteiger partial charge in [-0.3, -0.25) is 14.6 Å². The second-order valence-corrected chi connectivity index (χ2v) is 14.3. The molecule has 0 N–H and O–H groups in total. The first-order valence-electron chi connectivity index (χ1n) is 19.4. The van der Waals surface area contributed by atoms with Crippen molar-refractivity contribution in [2.45, 2.75) is 132 Å². The molecule has 0 radical (unpaired) electrons. The van der Waals surface area contributed by atoms with E-state index in [9.17, 15) is 4.79 Å². The SMILES string of the molecule is C=C1C(C)=C(C)C(c2cc(C)c(CN3CCN(Cc4ccc5c(c4)C(C)N(C(=O)CC)CC5)C4(CC4)C3)c(CCC)c2)=CN1C.CC.CC. The maximum absolute atomic E-state index is 12.6. The van der Waals surface area contributed by atoms with Crippen molar-refractivity contribution < 1.29 is 4.79 Å². The predicted molar refractivity (Wildman–Crippen MR) is 209 cm³/mol. The number of likely N-dealkylation sites (N-methyl/N-ethyl adjacent to an activating group) is 1. The minimum atomic E-state index is 0.165. The van der Waals surface area contributed by atoms with Crippen LogP contribution in [0.1, 0.15) is 133 Å². The molecule has 5 nitrogen and oxygen atoms in total. The fraction of sp³-hybridized carbons (Fsp3) is 0.568. The van der Waals surface area contributed by atoms with Crippen molar-refractivity contribution in [1.29, 1.82) is 0 Å². The molecule has 0 aromatic heterocycles. The normalized spacial score (nSPS) is 20.3. The van der Waals surface area contributed by atoms with Crippen LogP contribution in [0.2, 0.25) is 0 Å². The maximum atomic E-state index is 12.6. The molecule has 3 aliphatic heterocycles. The van der Waals surface area contributed by atoms with E-state index in [-0.39, 0.29) is 11.9 Å². The average molecular weight is 667 g/mol. The topological polar surface area (TPSA) is 30.0 Å². The summed E-state index contributed by atoms with van der Waals surface area (Å²) in [6.07, 6.45) is 8.66. The lowest BCUT2D eigenvalue weighted by atomic mass is 9.87. The number of hydrogen-bond acceptors (Lipinski definition) is 4. The number of aryl methyl sites for hydroxylation is 2. The summed E-state index contributed by atoms with van der Waals surface area (Å²) in [5.74, 6) is 0.269. The molecule has 4 aliphatic rings. The van der Waals surface area contributed by atoms with Gasteiger partial charge in [-0.05, 0) is 103 Å². The molecule has 1 saturated carbocycles. The van der Waals surface area contributed by atoms with Gasteiger partial charge in [0, 0.05) is 75.7 Å². The number of allylic oxidation sites excluding steroid dienone is 3. The van der Waals surface area contributed by atoms with Crippen molar-refractivity contribution in [1.82, 2.24) is 19.6 Å². The van der Waals surface area contributed by atoms with E-state index < -0.39 is 0 Å². The summed E-state index contributed by atoms with van der Waals surface area (Å²) < 4.78 is 0. The molecule has 268 valence electrons. The molecule has 49 heavy (non-hydrogen) atoms. The molecule has 1 unspecified atom stereocenters. The van der Waals surface area contributed by atoms with Gasteiger partial charge in [-0.1, -0.05) is 84.9 Å². The summed E-state index contributed by atoms with van der Waals surface area (Å²) in [5.41, 5.74) is 15.3. The van der Waals surface area contributed by atoms with E-state index in [1.165, 1.54) is 68.5 Å². The smallest absolute Gasteiger partial charge is 0.222 e. The van der Waals surface area contributed by atoms with Crippen molar-refractivity contribution in [3.8, 4) is 0 Å². The summed E-state index contributed by atoms with van der Waals surface area (Å²) in [5, 5.41) is 0. The van der Waals surface area contributed by atoms with Crippen LogP contribution in [0.5, 0.6) is 0 Å². The maximum Gasteiger partial charge on any atom is 0.222 e. The van der Waals surface area contributed by atoms with Crippen LogP contribution in [-0.4, -0.2) is 64.3 Å². The molecule has 1 atom stereocenters.